The lowest BCUT2D eigenvalue weighted by molar-refractivity contribution is -0.384. The van der Waals surface area contributed by atoms with Crippen molar-refractivity contribution in [3.8, 4) is 6.07 Å². The van der Waals surface area contributed by atoms with Crippen LogP contribution in [0.15, 0.2) is 30.3 Å². The van der Waals surface area contributed by atoms with Gasteiger partial charge in [-0.3, -0.25) is 14.9 Å². The number of amides is 1. The van der Waals surface area contributed by atoms with Crippen molar-refractivity contribution in [3.63, 3.8) is 0 Å². The third-order valence-electron chi connectivity index (χ3n) is 4.53. The quantitative estimate of drug-likeness (QED) is 0.361. The van der Waals surface area contributed by atoms with E-state index in [2.05, 4.69) is 5.32 Å². The van der Waals surface area contributed by atoms with Crippen molar-refractivity contribution in [2.75, 3.05) is 5.32 Å². The summed E-state index contributed by atoms with van der Waals surface area (Å²) in [7, 11) is 0. The van der Waals surface area contributed by atoms with Crippen molar-refractivity contribution in [1.82, 2.24) is 0 Å². The van der Waals surface area contributed by atoms with Crippen molar-refractivity contribution in [3.05, 3.63) is 68.3 Å². The largest absolute Gasteiger partial charge is 0.435 e. The first-order chi connectivity index (χ1) is 14.5. The van der Waals surface area contributed by atoms with Gasteiger partial charge in [0, 0.05) is 23.4 Å². The second-order valence-corrected chi connectivity index (χ2v) is 6.69. The third-order valence-corrected chi connectivity index (χ3v) is 4.53. The van der Waals surface area contributed by atoms with Crippen LogP contribution in [-0.4, -0.2) is 23.2 Å². The number of nitrogens with one attached hydrogen (secondary N) is 1. The number of carbonyl (C=O) groups is 1. The maximum Gasteiger partial charge on any atom is 0.435 e. The Balaban J connectivity index is 2.56. The molecule has 2 rings (SSSR count). The molecule has 0 heterocycles. The number of nitrogens with zero attached hydrogens (tertiary/aromatic N) is 2. The van der Waals surface area contributed by atoms with Crippen LogP contribution in [0, 0.1) is 35.3 Å². The van der Waals surface area contributed by atoms with Gasteiger partial charge in [-0.25, -0.2) is 4.39 Å². The molecule has 170 valence electrons. The van der Waals surface area contributed by atoms with Crippen molar-refractivity contribution < 1.29 is 40.5 Å². The average molecular weight is 463 g/mol. The molecule has 0 spiro atoms. The number of anilines is 1. The van der Waals surface area contributed by atoms with Gasteiger partial charge in [0.15, 0.2) is 0 Å². The summed E-state index contributed by atoms with van der Waals surface area (Å²) in [6.45, 7) is 2.08. The van der Waals surface area contributed by atoms with Crippen LogP contribution in [0.25, 0.3) is 0 Å². The third kappa shape index (κ3) is 4.20. The van der Waals surface area contributed by atoms with E-state index in [9.17, 15) is 45.6 Å². The minimum atomic E-state index is -6.31. The SMILES string of the molecule is Cc1cc(C(F)(C(F)(F)F)C(F)(F)F)cc(C)c1NC(=O)c1cc([N+](=O)[O-])ccc1C#N. The van der Waals surface area contributed by atoms with E-state index in [4.69, 9.17) is 5.26 Å². The summed E-state index contributed by atoms with van der Waals surface area (Å²) in [4.78, 5) is 22.6. The summed E-state index contributed by atoms with van der Waals surface area (Å²) in [6, 6.07) is 4.98. The lowest BCUT2D eigenvalue weighted by Crippen LogP contribution is -2.50. The fraction of sp³-hybridized carbons (Fsp3) is 0.263. The Morgan fingerprint density at radius 1 is 1.00 bits per heavy atom. The Labute approximate surface area is 175 Å². The van der Waals surface area contributed by atoms with Gasteiger partial charge < -0.3 is 5.32 Å². The van der Waals surface area contributed by atoms with E-state index in [1.54, 1.807) is 6.07 Å². The van der Waals surface area contributed by atoms with Crippen LogP contribution in [0.3, 0.4) is 0 Å². The Bertz CT molecular complexity index is 1100. The molecule has 0 saturated heterocycles. The smallest absolute Gasteiger partial charge is 0.321 e. The highest BCUT2D eigenvalue weighted by Gasteiger charge is 2.73. The number of nitro groups is 1. The molecule has 2 aromatic rings. The van der Waals surface area contributed by atoms with Crippen LogP contribution in [0.2, 0.25) is 0 Å². The van der Waals surface area contributed by atoms with E-state index in [0.29, 0.717) is 12.1 Å². The molecule has 0 aliphatic rings. The number of nitriles is 1. The van der Waals surface area contributed by atoms with Crippen LogP contribution in [-0.2, 0) is 5.67 Å². The van der Waals surface area contributed by atoms with Gasteiger partial charge in [-0.15, -0.1) is 0 Å². The maximum absolute atomic E-state index is 14.3. The van der Waals surface area contributed by atoms with E-state index in [1.165, 1.54) is 0 Å². The summed E-state index contributed by atoms with van der Waals surface area (Å²) in [5, 5.41) is 22.2. The highest BCUT2D eigenvalue weighted by Crippen LogP contribution is 2.53. The van der Waals surface area contributed by atoms with Crippen molar-refractivity contribution >= 4 is 17.3 Å². The predicted octanol–water partition coefficient (Wildman–Crippen LogP) is 5.63. The highest BCUT2D eigenvalue weighted by molar-refractivity contribution is 6.07. The van der Waals surface area contributed by atoms with Crippen LogP contribution < -0.4 is 5.32 Å². The molecular weight excluding hydrogens is 451 g/mol. The van der Waals surface area contributed by atoms with E-state index in [0.717, 1.165) is 32.0 Å². The molecule has 32 heavy (non-hydrogen) atoms. The van der Waals surface area contributed by atoms with E-state index in [-0.39, 0.29) is 22.4 Å². The van der Waals surface area contributed by atoms with Gasteiger partial charge >= 0.3 is 18.0 Å². The zero-order valence-electron chi connectivity index (χ0n) is 16.2. The molecule has 0 aliphatic carbocycles. The van der Waals surface area contributed by atoms with Crippen LogP contribution in [0.1, 0.15) is 32.6 Å². The van der Waals surface area contributed by atoms with Crippen LogP contribution in [0.5, 0.6) is 0 Å². The Morgan fingerprint density at radius 3 is 1.91 bits per heavy atom. The second-order valence-electron chi connectivity index (χ2n) is 6.69. The molecule has 2 aromatic carbocycles. The number of rotatable bonds is 4. The van der Waals surface area contributed by atoms with Gasteiger partial charge in [-0.1, -0.05) is 12.1 Å². The van der Waals surface area contributed by atoms with Gasteiger partial charge in [-0.05, 0) is 31.0 Å². The molecule has 13 heteroatoms. The van der Waals surface area contributed by atoms with Gasteiger partial charge in [0.05, 0.1) is 22.1 Å². The van der Waals surface area contributed by atoms with E-state index in [1.807, 2.05) is 0 Å². The fourth-order valence-corrected chi connectivity index (χ4v) is 2.96. The average Bonchev–Trinajstić information content (AvgIpc) is 2.67. The van der Waals surface area contributed by atoms with Crippen molar-refractivity contribution in [2.45, 2.75) is 31.9 Å². The monoisotopic (exact) mass is 463 g/mol. The van der Waals surface area contributed by atoms with Crippen molar-refractivity contribution in [2.24, 2.45) is 0 Å². The summed E-state index contributed by atoms with van der Waals surface area (Å²) in [5.41, 5.74) is -9.55. The lowest BCUT2D eigenvalue weighted by atomic mass is 9.90. The van der Waals surface area contributed by atoms with Crippen molar-refractivity contribution in [1.29, 1.82) is 5.26 Å². The molecule has 0 saturated carbocycles. The Kier molecular flexibility index (Phi) is 6.22. The fourth-order valence-electron chi connectivity index (χ4n) is 2.96. The van der Waals surface area contributed by atoms with Crippen LogP contribution >= 0.6 is 0 Å². The standard InChI is InChI=1S/C19H12F7N3O3/c1-9-5-12(17(20,18(21,22)23)19(24,25)26)6-10(2)15(9)28-16(30)14-7-13(29(31)32)4-3-11(14)8-27/h3-7H,1-2H3,(H,28,30). The predicted molar refractivity (Wildman–Crippen MR) is 96.6 cm³/mol. The molecule has 0 aliphatic heterocycles. The molecule has 0 fully saturated rings. The summed E-state index contributed by atoms with van der Waals surface area (Å²) < 4.78 is 92.4. The molecular formula is C19H12F7N3O3. The molecule has 0 bridgehead atoms. The molecule has 0 atom stereocenters. The molecule has 1 N–H and O–H groups in total. The van der Waals surface area contributed by atoms with Gasteiger partial charge in [0.1, 0.15) is 0 Å². The topological polar surface area (TPSA) is 96.0 Å². The number of nitro benzene ring substituents is 1. The molecule has 6 nitrogen and oxygen atoms in total. The zero-order chi connectivity index (χ0) is 24.6. The number of carbonyl (C=O) groups excluding carboxylic acids is 1. The second kappa shape index (κ2) is 8.10. The Morgan fingerprint density at radius 2 is 1.50 bits per heavy atom. The summed E-state index contributed by atoms with van der Waals surface area (Å²) in [6.07, 6.45) is -12.6. The number of halogens is 7. The first kappa shape index (κ1) is 24.6. The number of non-ortho nitro benzene ring substituents is 1. The number of aryl methyl sites for hydroxylation is 2. The minimum Gasteiger partial charge on any atom is -0.321 e. The summed E-state index contributed by atoms with van der Waals surface area (Å²) >= 11 is 0. The van der Waals surface area contributed by atoms with Gasteiger partial charge in [0.2, 0.25) is 0 Å². The highest BCUT2D eigenvalue weighted by atomic mass is 19.4. The van der Waals surface area contributed by atoms with Gasteiger partial charge in [-0.2, -0.15) is 31.6 Å². The Hall–Kier alpha value is -3.69. The summed E-state index contributed by atoms with van der Waals surface area (Å²) in [5.74, 6) is -1.08. The van der Waals surface area contributed by atoms with E-state index < -0.39 is 45.7 Å². The van der Waals surface area contributed by atoms with E-state index >= 15 is 0 Å². The zero-order valence-corrected chi connectivity index (χ0v) is 16.2. The maximum atomic E-state index is 14.3. The number of hydrogen-bond donors (Lipinski definition) is 1. The van der Waals surface area contributed by atoms with Crippen LogP contribution in [0.4, 0.5) is 42.1 Å². The first-order valence-corrected chi connectivity index (χ1v) is 8.48. The minimum absolute atomic E-state index is 0.249. The number of hydrogen-bond acceptors (Lipinski definition) is 4. The molecule has 0 aromatic heterocycles. The number of alkyl halides is 7. The molecule has 1 amide bonds. The number of benzene rings is 2. The first-order valence-electron chi connectivity index (χ1n) is 8.48. The lowest BCUT2D eigenvalue weighted by Gasteiger charge is -2.31. The normalized spacial score (nSPS) is 12.2. The molecule has 0 radical (unpaired) electrons. The molecule has 0 unspecified atom stereocenters. The van der Waals surface area contributed by atoms with Gasteiger partial charge in [0.25, 0.3) is 11.6 Å².